The molecule has 1 saturated heterocycles. The van der Waals surface area contributed by atoms with Crippen LogP contribution in [0.4, 0.5) is 4.39 Å². The molecule has 31 heavy (non-hydrogen) atoms. The predicted molar refractivity (Wildman–Crippen MR) is 118 cm³/mol. The second-order valence-electron chi connectivity index (χ2n) is 8.94. The van der Waals surface area contributed by atoms with Crippen molar-refractivity contribution in [2.75, 3.05) is 13.1 Å². The molecule has 1 fully saturated rings. The molecule has 166 valence electrons. The summed E-state index contributed by atoms with van der Waals surface area (Å²) in [5.41, 5.74) is 3.32. The van der Waals surface area contributed by atoms with Crippen molar-refractivity contribution in [2.45, 2.75) is 56.8 Å². The Kier molecular flexibility index (Phi) is 6.17. The second kappa shape index (κ2) is 8.71. The first kappa shape index (κ1) is 22.0. The van der Waals surface area contributed by atoms with Crippen LogP contribution in [0.15, 0.2) is 53.4 Å². The third-order valence-electron chi connectivity index (χ3n) is 6.11. The number of fused-ring (bicyclic) bond motifs is 1. The van der Waals surface area contributed by atoms with Crippen molar-refractivity contribution >= 4 is 15.9 Å². The van der Waals surface area contributed by atoms with E-state index in [1.807, 2.05) is 24.3 Å². The lowest BCUT2D eigenvalue weighted by Gasteiger charge is -2.33. The molecule has 2 aromatic rings. The highest BCUT2D eigenvalue weighted by atomic mass is 32.2. The highest BCUT2D eigenvalue weighted by Gasteiger charge is 2.45. The third-order valence-corrected chi connectivity index (χ3v) is 7.99. The molecule has 0 aromatic heterocycles. The first-order chi connectivity index (χ1) is 14.8. The van der Waals surface area contributed by atoms with Crippen molar-refractivity contribution in [3.63, 3.8) is 0 Å². The summed E-state index contributed by atoms with van der Waals surface area (Å²) in [5, 5.41) is 0. The maximum absolute atomic E-state index is 14.4. The number of halogens is 1. The summed E-state index contributed by atoms with van der Waals surface area (Å²) in [6.07, 6.45) is 0.133. The molecule has 2 atom stereocenters. The van der Waals surface area contributed by atoms with Crippen molar-refractivity contribution in [1.29, 1.82) is 0 Å². The Bertz CT molecular complexity index is 1050. The number of amides is 1. The van der Waals surface area contributed by atoms with Gasteiger partial charge in [0, 0.05) is 26.1 Å². The Morgan fingerprint density at radius 2 is 1.77 bits per heavy atom. The summed E-state index contributed by atoms with van der Waals surface area (Å²) >= 11 is 0. The zero-order valence-electron chi connectivity index (χ0n) is 18.0. The van der Waals surface area contributed by atoms with E-state index in [4.69, 9.17) is 0 Å². The SMILES string of the molecule is CC(C)Cc1ccc(S(=O)(=O)N2C[C@@H](F)C[C@H]2C(=O)N2CCc3ccccc3C2)cc1. The summed E-state index contributed by atoms with van der Waals surface area (Å²) < 4.78 is 42.0. The number of carbonyl (C=O) groups is 1. The van der Waals surface area contributed by atoms with E-state index in [0.29, 0.717) is 19.0 Å². The van der Waals surface area contributed by atoms with Crippen LogP contribution in [0.5, 0.6) is 0 Å². The molecule has 5 nitrogen and oxygen atoms in total. The van der Waals surface area contributed by atoms with Crippen LogP contribution in [0.2, 0.25) is 0 Å². The van der Waals surface area contributed by atoms with E-state index in [9.17, 15) is 17.6 Å². The van der Waals surface area contributed by atoms with E-state index in [1.54, 1.807) is 29.2 Å². The van der Waals surface area contributed by atoms with Crippen LogP contribution in [-0.4, -0.2) is 48.8 Å². The Morgan fingerprint density at radius 1 is 1.10 bits per heavy atom. The van der Waals surface area contributed by atoms with E-state index < -0.39 is 22.2 Å². The Hall–Kier alpha value is -2.25. The Balaban J connectivity index is 1.55. The van der Waals surface area contributed by atoms with Gasteiger partial charge in [-0.2, -0.15) is 4.31 Å². The largest absolute Gasteiger partial charge is 0.337 e. The van der Waals surface area contributed by atoms with E-state index in [2.05, 4.69) is 13.8 Å². The number of hydrogen-bond donors (Lipinski definition) is 0. The first-order valence-electron chi connectivity index (χ1n) is 10.9. The molecule has 0 saturated carbocycles. The van der Waals surface area contributed by atoms with Crippen LogP contribution in [0, 0.1) is 5.92 Å². The van der Waals surface area contributed by atoms with Crippen LogP contribution in [0.25, 0.3) is 0 Å². The maximum atomic E-state index is 14.4. The molecule has 0 aliphatic carbocycles. The zero-order valence-corrected chi connectivity index (χ0v) is 18.8. The molecule has 0 bridgehead atoms. The van der Waals surface area contributed by atoms with Gasteiger partial charge in [0.2, 0.25) is 15.9 Å². The van der Waals surface area contributed by atoms with Gasteiger partial charge in [-0.1, -0.05) is 50.2 Å². The van der Waals surface area contributed by atoms with Crippen molar-refractivity contribution in [1.82, 2.24) is 9.21 Å². The highest BCUT2D eigenvalue weighted by molar-refractivity contribution is 7.89. The molecule has 7 heteroatoms. The fourth-order valence-electron chi connectivity index (χ4n) is 4.55. The van der Waals surface area contributed by atoms with Gasteiger partial charge in [0.25, 0.3) is 0 Å². The smallest absolute Gasteiger partial charge is 0.243 e. The molecule has 2 aromatic carbocycles. The molecular formula is C24H29FN2O3S. The summed E-state index contributed by atoms with van der Waals surface area (Å²) in [7, 11) is -3.96. The van der Waals surface area contributed by atoms with Gasteiger partial charge in [-0.05, 0) is 47.6 Å². The van der Waals surface area contributed by atoms with Crippen LogP contribution in [0.1, 0.15) is 37.0 Å². The standard InChI is InChI=1S/C24H29FN2O3S/c1-17(2)13-18-7-9-22(10-8-18)31(29,30)27-16-21(25)14-23(27)24(28)26-12-11-19-5-3-4-6-20(19)15-26/h3-10,17,21,23H,11-16H2,1-2H3/t21-,23-/m0/s1. The van der Waals surface area contributed by atoms with Gasteiger partial charge in [0.15, 0.2) is 0 Å². The van der Waals surface area contributed by atoms with Crippen LogP contribution in [-0.2, 0) is 34.2 Å². The number of hydrogen-bond acceptors (Lipinski definition) is 3. The zero-order chi connectivity index (χ0) is 22.2. The lowest BCUT2D eigenvalue weighted by Crippen LogP contribution is -2.49. The minimum Gasteiger partial charge on any atom is -0.337 e. The monoisotopic (exact) mass is 444 g/mol. The number of carbonyl (C=O) groups excluding carboxylic acids is 1. The molecule has 0 radical (unpaired) electrons. The quantitative estimate of drug-likeness (QED) is 0.709. The summed E-state index contributed by atoms with van der Waals surface area (Å²) in [6.45, 7) is 4.87. The Labute approximate surface area is 183 Å². The fraction of sp³-hybridized carbons (Fsp3) is 0.458. The molecule has 2 aliphatic rings. The number of benzene rings is 2. The normalized spacial score (nSPS) is 22.0. The Morgan fingerprint density at radius 3 is 2.45 bits per heavy atom. The van der Waals surface area contributed by atoms with Crippen molar-refractivity contribution in [3.8, 4) is 0 Å². The predicted octanol–water partition coefficient (Wildman–Crippen LogP) is 3.57. The van der Waals surface area contributed by atoms with Gasteiger partial charge in [-0.3, -0.25) is 4.79 Å². The molecule has 1 amide bonds. The minimum absolute atomic E-state index is 0.0956. The number of sulfonamides is 1. The lowest BCUT2D eigenvalue weighted by molar-refractivity contribution is -0.135. The summed E-state index contributed by atoms with van der Waals surface area (Å²) in [4.78, 5) is 15.0. The first-order valence-corrected chi connectivity index (χ1v) is 12.3. The van der Waals surface area contributed by atoms with Crippen LogP contribution >= 0.6 is 0 Å². The minimum atomic E-state index is -3.96. The third kappa shape index (κ3) is 4.53. The van der Waals surface area contributed by atoms with E-state index >= 15 is 0 Å². The van der Waals surface area contributed by atoms with Gasteiger partial charge < -0.3 is 4.90 Å². The molecule has 4 rings (SSSR count). The molecule has 2 aliphatic heterocycles. The van der Waals surface area contributed by atoms with E-state index in [0.717, 1.165) is 28.3 Å². The molecule has 0 unspecified atom stereocenters. The van der Waals surface area contributed by atoms with Crippen molar-refractivity contribution in [3.05, 3.63) is 65.2 Å². The topological polar surface area (TPSA) is 57.7 Å². The molecule has 0 spiro atoms. The number of nitrogens with zero attached hydrogens (tertiary/aromatic N) is 2. The van der Waals surface area contributed by atoms with Crippen molar-refractivity contribution < 1.29 is 17.6 Å². The lowest BCUT2D eigenvalue weighted by atomic mass is 9.99. The van der Waals surface area contributed by atoms with E-state index in [-0.39, 0.29) is 23.8 Å². The molecular weight excluding hydrogens is 415 g/mol. The summed E-state index contributed by atoms with van der Waals surface area (Å²) in [6, 6.07) is 13.7. The van der Waals surface area contributed by atoms with Crippen LogP contribution in [0.3, 0.4) is 0 Å². The van der Waals surface area contributed by atoms with Gasteiger partial charge in [-0.15, -0.1) is 0 Å². The van der Waals surface area contributed by atoms with Gasteiger partial charge >= 0.3 is 0 Å². The van der Waals surface area contributed by atoms with Crippen molar-refractivity contribution in [2.24, 2.45) is 5.92 Å². The molecule has 0 N–H and O–H groups in total. The summed E-state index contributed by atoms with van der Waals surface area (Å²) in [5.74, 6) is 0.152. The highest BCUT2D eigenvalue weighted by Crippen LogP contribution is 2.31. The fourth-order valence-corrected chi connectivity index (χ4v) is 6.17. The van der Waals surface area contributed by atoms with Crippen LogP contribution < -0.4 is 0 Å². The maximum Gasteiger partial charge on any atom is 0.243 e. The molecule has 2 heterocycles. The van der Waals surface area contributed by atoms with Gasteiger partial charge in [-0.25, -0.2) is 12.8 Å². The van der Waals surface area contributed by atoms with Gasteiger partial charge in [0.1, 0.15) is 12.2 Å². The van der Waals surface area contributed by atoms with E-state index in [1.165, 1.54) is 5.56 Å². The number of rotatable bonds is 5. The average molecular weight is 445 g/mol. The average Bonchev–Trinajstić information content (AvgIpc) is 3.15. The second-order valence-corrected chi connectivity index (χ2v) is 10.8. The number of alkyl halides is 1. The van der Waals surface area contributed by atoms with Gasteiger partial charge in [0.05, 0.1) is 4.90 Å².